The third-order valence-corrected chi connectivity index (χ3v) is 3.57. The Morgan fingerprint density at radius 2 is 2.25 bits per heavy atom. The third-order valence-electron chi connectivity index (χ3n) is 2.89. The van der Waals surface area contributed by atoms with Crippen molar-refractivity contribution in [2.45, 2.75) is 24.5 Å². The minimum atomic E-state index is -2.19. The van der Waals surface area contributed by atoms with Gasteiger partial charge in [-0.3, -0.25) is 4.79 Å². The molecule has 16 heavy (non-hydrogen) atoms. The third kappa shape index (κ3) is 1.73. The summed E-state index contributed by atoms with van der Waals surface area (Å²) in [5, 5.41) is 31.6. The fraction of sp³-hybridized carbons (Fsp3) is 0.500. The Labute approximate surface area is 97.1 Å². The maximum Gasteiger partial charge on any atom is 0.318 e. The molecule has 6 heteroatoms. The molecule has 0 aliphatic carbocycles. The molecule has 0 spiro atoms. The van der Waals surface area contributed by atoms with Crippen LogP contribution in [0.3, 0.4) is 0 Å². The second-order valence-corrected chi connectivity index (χ2v) is 4.44. The first-order valence-electron chi connectivity index (χ1n) is 4.80. The van der Waals surface area contributed by atoms with Gasteiger partial charge in [0.1, 0.15) is 5.41 Å². The maximum absolute atomic E-state index is 11.4. The van der Waals surface area contributed by atoms with Crippen molar-refractivity contribution in [1.29, 1.82) is 0 Å². The zero-order chi connectivity index (χ0) is 12.4. The van der Waals surface area contributed by atoms with E-state index in [-0.39, 0.29) is 6.42 Å². The van der Waals surface area contributed by atoms with Crippen molar-refractivity contribution < 1.29 is 20.1 Å². The summed E-state index contributed by atoms with van der Waals surface area (Å²) in [6.07, 6.45) is 0.0899. The Morgan fingerprint density at radius 1 is 1.62 bits per heavy atom. The van der Waals surface area contributed by atoms with Crippen molar-refractivity contribution in [1.82, 2.24) is 0 Å². The van der Waals surface area contributed by atoms with Crippen molar-refractivity contribution in [3.05, 3.63) is 22.4 Å². The van der Waals surface area contributed by atoms with Gasteiger partial charge in [0.05, 0.1) is 6.61 Å². The quantitative estimate of drug-likeness (QED) is 0.552. The summed E-state index contributed by atoms with van der Waals surface area (Å²) >= 11 is 1.31. The molecule has 0 radical (unpaired) electrons. The van der Waals surface area contributed by atoms with Crippen molar-refractivity contribution in [2.75, 3.05) is 6.61 Å². The van der Waals surface area contributed by atoms with Crippen LogP contribution in [0.4, 0.5) is 0 Å². The number of thiophene rings is 1. The number of aliphatic hydroxyl groups is 2. The van der Waals surface area contributed by atoms with Crippen LogP contribution >= 0.6 is 11.3 Å². The van der Waals surface area contributed by atoms with Crippen LogP contribution in [-0.4, -0.2) is 33.6 Å². The van der Waals surface area contributed by atoms with Gasteiger partial charge >= 0.3 is 5.97 Å². The second-order valence-electron chi connectivity index (χ2n) is 3.66. The van der Waals surface area contributed by atoms with Gasteiger partial charge in [0.15, 0.2) is 5.72 Å². The molecule has 1 rings (SSSR count). The molecule has 0 amide bonds. The minimum Gasteiger partial charge on any atom is -0.480 e. The SMILES string of the molecule is CCC(C(=O)O)(c1ccsc1)C(N)(O)CO. The van der Waals surface area contributed by atoms with Crippen LogP contribution in [-0.2, 0) is 10.2 Å². The monoisotopic (exact) mass is 245 g/mol. The Bertz CT molecular complexity index is 363. The van der Waals surface area contributed by atoms with Gasteiger partial charge in [-0.25, -0.2) is 0 Å². The molecule has 0 fully saturated rings. The predicted molar refractivity (Wildman–Crippen MR) is 60.1 cm³/mol. The van der Waals surface area contributed by atoms with Gasteiger partial charge in [-0.2, -0.15) is 11.3 Å². The highest BCUT2D eigenvalue weighted by atomic mass is 32.1. The molecule has 1 aromatic rings. The van der Waals surface area contributed by atoms with E-state index in [1.807, 2.05) is 0 Å². The highest BCUT2D eigenvalue weighted by Crippen LogP contribution is 2.37. The molecule has 5 N–H and O–H groups in total. The molecule has 5 nitrogen and oxygen atoms in total. The average Bonchev–Trinajstić information content (AvgIpc) is 2.72. The molecule has 0 saturated heterocycles. The smallest absolute Gasteiger partial charge is 0.318 e. The Kier molecular flexibility index (Phi) is 3.69. The van der Waals surface area contributed by atoms with E-state index >= 15 is 0 Å². The van der Waals surface area contributed by atoms with Crippen LogP contribution < -0.4 is 5.73 Å². The van der Waals surface area contributed by atoms with Crippen LogP contribution in [0.5, 0.6) is 0 Å². The fourth-order valence-electron chi connectivity index (χ4n) is 1.86. The van der Waals surface area contributed by atoms with Crippen LogP contribution in [0.25, 0.3) is 0 Å². The van der Waals surface area contributed by atoms with Crippen LogP contribution in [0.15, 0.2) is 16.8 Å². The summed E-state index contributed by atoms with van der Waals surface area (Å²) in [5.74, 6) is -1.24. The number of carboxylic acid groups (broad SMARTS) is 1. The predicted octanol–water partition coefficient (Wildman–Crippen LogP) is 0.120. The standard InChI is InChI=1S/C10H15NO4S/c1-2-9(8(13)14,10(11,15)6-12)7-3-4-16-5-7/h3-5,12,15H,2,6,11H2,1H3,(H,13,14). The van der Waals surface area contributed by atoms with E-state index in [1.54, 1.807) is 23.8 Å². The van der Waals surface area contributed by atoms with E-state index in [2.05, 4.69) is 0 Å². The van der Waals surface area contributed by atoms with E-state index in [0.717, 1.165) is 0 Å². The molecule has 0 aliphatic heterocycles. The summed E-state index contributed by atoms with van der Waals surface area (Å²) in [7, 11) is 0. The van der Waals surface area contributed by atoms with Gasteiger partial charge in [0.25, 0.3) is 0 Å². The van der Waals surface area contributed by atoms with E-state index in [9.17, 15) is 15.0 Å². The van der Waals surface area contributed by atoms with Crippen LogP contribution in [0, 0.1) is 0 Å². The first kappa shape index (κ1) is 13.1. The van der Waals surface area contributed by atoms with Crippen LogP contribution in [0.1, 0.15) is 18.9 Å². The lowest BCUT2D eigenvalue weighted by molar-refractivity contribution is -0.161. The lowest BCUT2D eigenvalue weighted by Crippen LogP contribution is -2.64. The molecular formula is C10H15NO4S. The molecule has 2 unspecified atom stereocenters. The molecule has 1 heterocycles. The van der Waals surface area contributed by atoms with Crippen molar-refractivity contribution in [2.24, 2.45) is 5.73 Å². The minimum absolute atomic E-state index is 0.0899. The summed E-state index contributed by atoms with van der Waals surface area (Å²) < 4.78 is 0. The average molecular weight is 245 g/mol. The largest absolute Gasteiger partial charge is 0.480 e. The molecular weight excluding hydrogens is 230 g/mol. The van der Waals surface area contributed by atoms with Crippen LogP contribution in [0.2, 0.25) is 0 Å². The van der Waals surface area contributed by atoms with Gasteiger partial charge in [-0.05, 0) is 28.8 Å². The lowest BCUT2D eigenvalue weighted by Gasteiger charge is -2.39. The first-order chi connectivity index (χ1) is 7.42. The number of aliphatic carboxylic acids is 1. The van der Waals surface area contributed by atoms with Gasteiger partial charge < -0.3 is 21.1 Å². The number of aliphatic hydroxyl groups excluding tert-OH is 1. The molecule has 1 aromatic heterocycles. The first-order valence-corrected chi connectivity index (χ1v) is 5.75. The van der Waals surface area contributed by atoms with Crippen molar-refractivity contribution in [3.63, 3.8) is 0 Å². The lowest BCUT2D eigenvalue weighted by atomic mass is 9.71. The molecule has 0 bridgehead atoms. The number of hydrogen-bond acceptors (Lipinski definition) is 5. The van der Waals surface area contributed by atoms with Crippen molar-refractivity contribution in [3.8, 4) is 0 Å². The van der Waals surface area contributed by atoms with E-state index in [0.29, 0.717) is 5.56 Å². The maximum atomic E-state index is 11.4. The molecule has 0 saturated carbocycles. The Balaban J connectivity index is 3.38. The Morgan fingerprint density at radius 3 is 2.56 bits per heavy atom. The van der Waals surface area contributed by atoms with Gasteiger partial charge in [0, 0.05) is 0 Å². The fourth-order valence-corrected chi connectivity index (χ4v) is 2.59. The van der Waals surface area contributed by atoms with Crippen molar-refractivity contribution >= 4 is 17.3 Å². The Hall–Kier alpha value is -0.950. The highest BCUT2D eigenvalue weighted by molar-refractivity contribution is 7.08. The second kappa shape index (κ2) is 4.50. The summed E-state index contributed by atoms with van der Waals surface area (Å²) in [6, 6.07) is 1.59. The summed E-state index contributed by atoms with van der Waals surface area (Å²) in [6.45, 7) is 0.794. The van der Waals surface area contributed by atoms with E-state index in [1.165, 1.54) is 11.3 Å². The number of rotatable bonds is 5. The van der Waals surface area contributed by atoms with E-state index < -0.39 is 23.7 Å². The normalized spacial score (nSPS) is 18.8. The zero-order valence-corrected chi connectivity index (χ0v) is 9.70. The summed E-state index contributed by atoms with van der Waals surface area (Å²) in [4.78, 5) is 11.4. The highest BCUT2D eigenvalue weighted by Gasteiger charge is 2.54. The number of hydrogen-bond donors (Lipinski definition) is 4. The zero-order valence-electron chi connectivity index (χ0n) is 8.88. The van der Waals surface area contributed by atoms with Gasteiger partial charge in [-0.1, -0.05) is 6.92 Å². The van der Waals surface area contributed by atoms with E-state index in [4.69, 9.17) is 10.8 Å². The molecule has 90 valence electrons. The van der Waals surface area contributed by atoms with Gasteiger partial charge in [-0.15, -0.1) is 0 Å². The molecule has 0 aliphatic rings. The number of carbonyl (C=O) groups is 1. The molecule has 0 aromatic carbocycles. The van der Waals surface area contributed by atoms with Gasteiger partial charge in [0.2, 0.25) is 0 Å². The number of carboxylic acids is 1. The molecule has 2 atom stereocenters. The number of nitrogens with two attached hydrogens (primary N) is 1. The summed E-state index contributed by atoms with van der Waals surface area (Å²) in [5.41, 5.74) is 2.07. The topological polar surface area (TPSA) is 104 Å².